The summed E-state index contributed by atoms with van der Waals surface area (Å²) in [7, 11) is -4.75. The summed E-state index contributed by atoms with van der Waals surface area (Å²) in [5, 5.41) is 8.86. The van der Waals surface area contributed by atoms with Crippen molar-refractivity contribution in [1.82, 2.24) is 0 Å². The molecule has 0 heterocycles. The molecule has 0 aliphatic carbocycles. The quantitative estimate of drug-likeness (QED) is 0.0250. The van der Waals surface area contributed by atoms with E-state index < -0.39 is 57.7 Å². The molecule has 0 aliphatic rings. The Bertz CT molecular complexity index is 1390. The highest BCUT2D eigenvalue weighted by Crippen LogP contribution is 2.43. The van der Waals surface area contributed by atoms with Gasteiger partial charge in [0.05, 0.1) is 13.2 Å². The topological polar surface area (TPSA) is 172 Å². The highest BCUT2D eigenvalue weighted by atomic mass is 31.2. The number of phosphoric acid groups is 1. The van der Waals surface area contributed by atoms with Crippen molar-refractivity contribution < 1.29 is 47.5 Å². The molecule has 0 saturated heterocycles. The van der Waals surface area contributed by atoms with E-state index in [1.54, 1.807) is 0 Å². The number of hydrogen-bond acceptors (Lipinski definition) is 9. The number of hydrogen-bond donors (Lipinski definition) is 3. The summed E-state index contributed by atoms with van der Waals surface area (Å²) in [4.78, 5) is 45.8. The maximum atomic E-state index is 12.5. The molecule has 0 radical (unpaired) electrons. The highest BCUT2D eigenvalue weighted by Gasteiger charge is 2.28. The molecular formula is C43H64NO10P. The van der Waals surface area contributed by atoms with E-state index in [-0.39, 0.29) is 12.8 Å². The van der Waals surface area contributed by atoms with Crippen molar-refractivity contribution in [1.29, 1.82) is 0 Å². The minimum absolute atomic E-state index is 0.0500. The number of rotatable bonds is 33. The minimum Gasteiger partial charge on any atom is -0.480 e. The van der Waals surface area contributed by atoms with Crippen LogP contribution in [-0.2, 0) is 37.5 Å². The minimum atomic E-state index is -4.75. The van der Waals surface area contributed by atoms with Gasteiger partial charge < -0.3 is 25.2 Å². The number of unbranched alkanes of at least 4 members (excludes halogenated alkanes) is 7. The van der Waals surface area contributed by atoms with Crippen molar-refractivity contribution in [2.24, 2.45) is 5.73 Å². The van der Waals surface area contributed by atoms with Crippen LogP contribution in [-0.4, -0.2) is 59.9 Å². The number of aliphatic carboxylic acids is 1. The van der Waals surface area contributed by atoms with Crippen LogP contribution in [0.15, 0.2) is 122 Å². The molecule has 3 atom stereocenters. The van der Waals surface area contributed by atoms with E-state index in [2.05, 4.69) is 42.7 Å². The van der Waals surface area contributed by atoms with Gasteiger partial charge >= 0.3 is 25.7 Å². The van der Waals surface area contributed by atoms with Gasteiger partial charge in [-0.05, 0) is 44.9 Å². The molecule has 0 spiro atoms. The number of nitrogens with two attached hydrogens (primary N) is 1. The number of carbonyl (C=O) groups excluding carboxylic acids is 2. The van der Waals surface area contributed by atoms with Crippen LogP contribution in [0.25, 0.3) is 0 Å². The van der Waals surface area contributed by atoms with Crippen LogP contribution in [0.4, 0.5) is 0 Å². The summed E-state index contributed by atoms with van der Waals surface area (Å²) < 4.78 is 32.5. The fourth-order valence-corrected chi connectivity index (χ4v) is 4.96. The first kappa shape index (κ1) is 50.9. The van der Waals surface area contributed by atoms with Gasteiger partial charge in [-0.3, -0.25) is 23.4 Å². The van der Waals surface area contributed by atoms with Crippen molar-refractivity contribution in [2.45, 2.75) is 109 Å². The Balaban J connectivity index is 4.62. The van der Waals surface area contributed by atoms with Crippen LogP contribution < -0.4 is 5.73 Å². The highest BCUT2D eigenvalue weighted by molar-refractivity contribution is 7.47. The van der Waals surface area contributed by atoms with Crippen molar-refractivity contribution in [3.05, 3.63) is 122 Å². The third kappa shape index (κ3) is 36.6. The predicted octanol–water partition coefficient (Wildman–Crippen LogP) is 9.66. The standard InChI is InChI=1S/C43H64NO10P/c1-3-5-7-9-11-13-15-17-18-19-20-21-23-24-26-28-30-32-34-41(45)51-36-39(37-52-55(49,50)53-38-40(44)43(47)48)54-42(46)35-33-31-29-27-25-22-16-14-12-10-8-6-4-2/h6-22,25,27,29,39-40H,3-5,23-24,26,28,30-38,44H2,1-2H3,(H,47,48)(H,49,50)/b8-6+,9-7+,12-10+,13-11+,16-14+,17-15+,19-18+,21-20+,25-22+,29-27+/t39?,40-/m1/s1. The van der Waals surface area contributed by atoms with Crippen LogP contribution in [0.5, 0.6) is 0 Å². The van der Waals surface area contributed by atoms with Crippen LogP contribution in [0.3, 0.4) is 0 Å². The van der Waals surface area contributed by atoms with E-state index in [1.807, 2.05) is 97.2 Å². The summed E-state index contributed by atoms with van der Waals surface area (Å²) in [6.07, 6.45) is 48.5. The van der Waals surface area contributed by atoms with Gasteiger partial charge in [0.2, 0.25) is 0 Å². The van der Waals surface area contributed by atoms with Crippen molar-refractivity contribution in [2.75, 3.05) is 19.8 Å². The maximum absolute atomic E-state index is 12.5. The van der Waals surface area contributed by atoms with E-state index in [9.17, 15) is 23.8 Å². The monoisotopic (exact) mass is 785 g/mol. The molecule has 0 rings (SSSR count). The first-order valence-electron chi connectivity index (χ1n) is 19.2. The van der Waals surface area contributed by atoms with E-state index in [1.165, 1.54) is 0 Å². The van der Waals surface area contributed by atoms with Gasteiger partial charge in [0.15, 0.2) is 6.10 Å². The molecule has 55 heavy (non-hydrogen) atoms. The summed E-state index contributed by atoms with van der Waals surface area (Å²) >= 11 is 0. The fraction of sp³-hybridized carbons (Fsp3) is 0.465. The molecule has 0 aromatic carbocycles. The Kier molecular flexibility index (Phi) is 34.1. The molecule has 2 unspecified atom stereocenters. The van der Waals surface area contributed by atoms with Crippen molar-refractivity contribution in [3.8, 4) is 0 Å². The van der Waals surface area contributed by atoms with Gasteiger partial charge in [-0.15, -0.1) is 0 Å². The number of allylic oxidation sites excluding steroid dienone is 20. The number of phosphoric ester groups is 1. The van der Waals surface area contributed by atoms with Crippen LogP contribution in [0, 0.1) is 0 Å². The predicted molar refractivity (Wildman–Crippen MR) is 221 cm³/mol. The molecule has 0 aromatic rings. The van der Waals surface area contributed by atoms with Gasteiger partial charge in [0, 0.05) is 12.8 Å². The van der Waals surface area contributed by atoms with Crippen LogP contribution >= 0.6 is 7.82 Å². The van der Waals surface area contributed by atoms with Crippen molar-refractivity contribution >= 4 is 25.7 Å². The third-order valence-corrected chi connectivity index (χ3v) is 8.13. The van der Waals surface area contributed by atoms with Crippen LogP contribution in [0.2, 0.25) is 0 Å². The molecule has 0 fully saturated rings. The average Bonchev–Trinajstić information content (AvgIpc) is 3.16. The Labute approximate surface area is 329 Å². The molecule has 0 bridgehead atoms. The zero-order chi connectivity index (χ0) is 40.7. The molecule has 0 aliphatic heterocycles. The van der Waals surface area contributed by atoms with Crippen LogP contribution in [0.1, 0.15) is 97.3 Å². The molecular weight excluding hydrogens is 721 g/mol. The van der Waals surface area contributed by atoms with E-state index >= 15 is 0 Å². The normalized spacial score (nSPS) is 15.1. The Hall–Kier alpha value is -4.12. The maximum Gasteiger partial charge on any atom is 0.472 e. The van der Waals surface area contributed by atoms with Gasteiger partial charge in [0.1, 0.15) is 12.6 Å². The lowest BCUT2D eigenvalue weighted by Gasteiger charge is -2.20. The van der Waals surface area contributed by atoms with Gasteiger partial charge in [-0.2, -0.15) is 0 Å². The number of esters is 2. The van der Waals surface area contributed by atoms with E-state index in [0.29, 0.717) is 19.3 Å². The van der Waals surface area contributed by atoms with E-state index in [0.717, 1.165) is 51.4 Å². The number of carboxylic acids is 1. The first-order chi connectivity index (χ1) is 26.6. The molecule has 11 nitrogen and oxygen atoms in total. The molecule has 0 amide bonds. The largest absolute Gasteiger partial charge is 0.480 e. The van der Waals surface area contributed by atoms with Gasteiger partial charge in [0.25, 0.3) is 0 Å². The molecule has 306 valence electrons. The fourth-order valence-electron chi connectivity index (χ4n) is 4.18. The summed E-state index contributed by atoms with van der Waals surface area (Å²) in [6.45, 7) is 2.42. The van der Waals surface area contributed by atoms with Gasteiger partial charge in [-0.1, -0.05) is 161 Å². The average molecular weight is 786 g/mol. The number of carboxylic acid groups (broad SMARTS) is 1. The lowest BCUT2D eigenvalue weighted by atomic mass is 10.1. The Morgan fingerprint density at radius 2 is 1.04 bits per heavy atom. The number of carbonyl (C=O) groups is 3. The molecule has 0 aromatic heterocycles. The smallest absolute Gasteiger partial charge is 0.472 e. The van der Waals surface area contributed by atoms with E-state index in [4.69, 9.17) is 24.8 Å². The Morgan fingerprint density at radius 3 is 1.58 bits per heavy atom. The number of ether oxygens (including phenoxy) is 2. The second-order valence-electron chi connectivity index (χ2n) is 12.2. The molecule has 0 saturated carbocycles. The third-order valence-electron chi connectivity index (χ3n) is 7.18. The van der Waals surface area contributed by atoms with Crippen molar-refractivity contribution in [3.63, 3.8) is 0 Å². The summed E-state index contributed by atoms with van der Waals surface area (Å²) in [5.74, 6) is -2.53. The lowest BCUT2D eigenvalue weighted by molar-refractivity contribution is -0.161. The summed E-state index contributed by atoms with van der Waals surface area (Å²) in [5.41, 5.74) is 5.31. The zero-order valence-corrected chi connectivity index (χ0v) is 33.6. The van der Waals surface area contributed by atoms with Gasteiger partial charge in [-0.25, -0.2) is 4.57 Å². The first-order valence-corrected chi connectivity index (χ1v) is 20.7. The SMILES string of the molecule is CC/C=C/C=C/C=C/C=C/C=C/CCCC(=O)OC(COC(=O)CCCCCCC/C=C/C=C/C=C/C=C/C=C/CCC)COP(=O)(O)OC[C@@H](N)C(=O)O. The Morgan fingerprint density at radius 1 is 0.582 bits per heavy atom. The molecule has 12 heteroatoms. The zero-order valence-electron chi connectivity index (χ0n) is 32.7. The second kappa shape index (κ2) is 36.8. The lowest BCUT2D eigenvalue weighted by Crippen LogP contribution is -2.34. The molecule has 4 N–H and O–H groups in total. The second-order valence-corrected chi connectivity index (χ2v) is 13.7. The summed E-state index contributed by atoms with van der Waals surface area (Å²) in [6, 6.07) is -1.54.